The van der Waals surface area contributed by atoms with Crippen LogP contribution in [0, 0.1) is 0 Å². The van der Waals surface area contributed by atoms with Crippen LogP contribution in [0.1, 0.15) is 37.8 Å². The van der Waals surface area contributed by atoms with Crippen LogP contribution in [-0.2, 0) is 22.7 Å². The molecule has 1 heterocycles. The number of anilines is 1. The number of benzene rings is 2. The summed E-state index contributed by atoms with van der Waals surface area (Å²) in [5, 5.41) is 2.71. The second-order valence-corrected chi connectivity index (χ2v) is 10.3. The zero-order valence-electron chi connectivity index (χ0n) is 19.5. The number of alkyl halides is 3. The Hall–Kier alpha value is -2.34. The molecule has 2 amide bonds. The zero-order chi connectivity index (χ0) is 25.1. The molecule has 0 saturated carbocycles. The highest BCUT2D eigenvalue weighted by Crippen LogP contribution is 2.29. The SMILES string of the molecule is CC(C)N(C(=O)NCc1ccc(C(F)(F)F)cc1)c1ccc(S(=O)(=O)N2CCC[C@@H]2CN)cc1.Cl. The van der Waals surface area contributed by atoms with Crippen LogP contribution in [0.2, 0.25) is 0 Å². The second kappa shape index (κ2) is 11.6. The van der Waals surface area contributed by atoms with Crippen molar-refractivity contribution in [3.05, 3.63) is 59.7 Å². The highest BCUT2D eigenvalue weighted by Gasteiger charge is 2.34. The maximum atomic E-state index is 13.0. The molecule has 194 valence electrons. The van der Waals surface area contributed by atoms with Crippen LogP contribution >= 0.6 is 12.4 Å². The molecule has 2 aromatic carbocycles. The van der Waals surface area contributed by atoms with Crippen molar-refractivity contribution in [1.82, 2.24) is 9.62 Å². The van der Waals surface area contributed by atoms with Gasteiger partial charge in [0.25, 0.3) is 0 Å². The largest absolute Gasteiger partial charge is 0.416 e. The average Bonchev–Trinajstić information content (AvgIpc) is 3.27. The first-order chi connectivity index (χ1) is 15.9. The number of amides is 2. The van der Waals surface area contributed by atoms with Gasteiger partial charge in [0.15, 0.2) is 0 Å². The third-order valence-corrected chi connectivity index (χ3v) is 7.74. The van der Waals surface area contributed by atoms with Crippen molar-refractivity contribution in [2.24, 2.45) is 5.73 Å². The molecule has 1 aliphatic heterocycles. The zero-order valence-corrected chi connectivity index (χ0v) is 21.1. The Morgan fingerprint density at radius 2 is 1.74 bits per heavy atom. The molecule has 35 heavy (non-hydrogen) atoms. The van der Waals surface area contributed by atoms with Gasteiger partial charge in [0, 0.05) is 37.4 Å². The second-order valence-electron chi connectivity index (χ2n) is 8.46. The molecule has 0 aromatic heterocycles. The molecular formula is C23H30ClF3N4O3S. The van der Waals surface area contributed by atoms with Crippen molar-refractivity contribution in [3.63, 3.8) is 0 Å². The van der Waals surface area contributed by atoms with Gasteiger partial charge in [-0.15, -0.1) is 12.4 Å². The first-order valence-electron chi connectivity index (χ1n) is 11.0. The minimum absolute atomic E-state index is 0. The first-order valence-corrected chi connectivity index (χ1v) is 12.4. The summed E-state index contributed by atoms with van der Waals surface area (Å²) < 4.78 is 65.6. The minimum atomic E-state index is -4.42. The standard InChI is InChI=1S/C23H29F3N4O3S.ClH/c1-16(2)30(22(31)28-15-17-5-7-18(8-6-17)23(24,25)26)19-9-11-21(12-10-19)34(32,33)29-13-3-4-20(29)14-27;/h5-12,16,20H,3-4,13-15,27H2,1-2H3,(H,28,31);1H/t20-;/m1./s1. The molecule has 12 heteroatoms. The lowest BCUT2D eigenvalue weighted by atomic mass is 10.1. The summed E-state index contributed by atoms with van der Waals surface area (Å²) in [6.45, 7) is 4.34. The summed E-state index contributed by atoms with van der Waals surface area (Å²) in [6, 6.07) is 9.72. The molecule has 3 rings (SSSR count). The van der Waals surface area contributed by atoms with Gasteiger partial charge in [-0.25, -0.2) is 13.2 Å². The minimum Gasteiger partial charge on any atom is -0.334 e. The quantitative estimate of drug-likeness (QED) is 0.551. The lowest BCUT2D eigenvalue weighted by molar-refractivity contribution is -0.137. The van der Waals surface area contributed by atoms with Crippen LogP contribution < -0.4 is 16.0 Å². The van der Waals surface area contributed by atoms with E-state index in [9.17, 15) is 26.4 Å². The van der Waals surface area contributed by atoms with E-state index in [1.807, 2.05) is 0 Å². The fraction of sp³-hybridized carbons (Fsp3) is 0.435. The molecule has 7 nitrogen and oxygen atoms in total. The maximum Gasteiger partial charge on any atom is 0.416 e. The Kier molecular flexibility index (Phi) is 9.57. The molecular weight excluding hydrogens is 505 g/mol. The predicted molar refractivity (Wildman–Crippen MR) is 131 cm³/mol. The topological polar surface area (TPSA) is 95.7 Å². The van der Waals surface area contributed by atoms with Gasteiger partial charge in [-0.05, 0) is 68.7 Å². The number of hydrogen-bond donors (Lipinski definition) is 2. The number of carbonyl (C=O) groups excluding carboxylic acids is 1. The molecule has 0 aliphatic carbocycles. The molecule has 0 radical (unpaired) electrons. The van der Waals surface area contributed by atoms with Crippen molar-refractivity contribution in [2.45, 2.75) is 56.4 Å². The molecule has 1 fully saturated rings. The van der Waals surface area contributed by atoms with Crippen LogP contribution in [0.3, 0.4) is 0 Å². The Bertz CT molecular complexity index is 1090. The smallest absolute Gasteiger partial charge is 0.334 e. The summed E-state index contributed by atoms with van der Waals surface area (Å²) in [5.41, 5.74) is 5.98. The molecule has 0 spiro atoms. The Morgan fingerprint density at radius 1 is 1.14 bits per heavy atom. The van der Waals surface area contributed by atoms with E-state index in [0.717, 1.165) is 25.0 Å². The van der Waals surface area contributed by atoms with E-state index in [0.29, 0.717) is 17.8 Å². The van der Waals surface area contributed by atoms with E-state index >= 15 is 0 Å². The van der Waals surface area contributed by atoms with Crippen LogP contribution in [-0.4, -0.2) is 43.9 Å². The number of carbonyl (C=O) groups is 1. The number of rotatable bonds is 7. The van der Waals surface area contributed by atoms with Crippen LogP contribution in [0.4, 0.5) is 23.7 Å². The highest BCUT2D eigenvalue weighted by molar-refractivity contribution is 7.89. The van der Waals surface area contributed by atoms with Crippen molar-refractivity contribution >= 4 is 34.1 Å². The van der Waals surface area contributed by atoms with Crippen LogP contribution in [0.5, 0.6) is 0 Å². The summed E-state index contributed by atoms with van der Waals surface area (Å²) in [5.74, 6) is 0. The van der Waals surface area contributed by atoms with E-state index in [-0.39, 0.29) is 42.5 Å². The molecule has 1 aliphatic rings. The van der Waals surface area contributed by atoms with Crippen LogP contribution in [0.15, 0.2) is 53.4 Å². The number of sulfonamides is 1. The average molecular weight is 535 g/mol. The van der Waals surface area contributed by atoms with Gasteiger partial charge in [-0.3, -0.25) is 4.90 Å². The van der Waals surface area contributed by atoms with Crippen molar-refractivity contribution in [3.8, 4) is 0 Å². The van der Waals surface area contributed by atoms with Crippen molar-refractivity contribution in [1.29, 1.82) is 0 Å². The predicted octanol–water partition coefficient (Wildman–Crippen LogP) is 4.36. The maximum absolute atomic E-state index is 13.0. The lowest BCUT2D eigenvalue weighted by Gasteiger charge is -2.28. The summed E-state index contributed by atoms with van der Waals surface area (Å²) in [4.78, 5) is 14.4. The lowest BCUT2D eigenvalue weighted by Crippen LogP contribution is -2.44. The van der Waals surface area contributed by atoms with Crippen molar-refractivity contribution < 1.29 is 26.4 Å². The van der Waals surface area contributed by atoms with Gasteiger partial charge < -0.3 is 11.1 Å². The summed E-state index contributed by atoms with van der Waals surface area (Å²) >= 11 is 0. The molecule has 0 unspecified atom stereocenters. The Balaban J connectivity index is 0.00000432. The van der Waals surface area contributed by atoms with Crippen molar-refractivity contribution in [2.75, 3.05) is 18.0 Å². The van der Waals surface area contributed by atoms with Crippen LogP contribution in [0.25, 0.3) is 0 Å². The number of nitrogens with one attached hydrogen (secondary N) is 1. The van der Waals surface area contributed by atoms with E-state index in [1.54, 1.807) is 26.0 Å². The van der Waals surface area contributed by atoms with E-state index in [1.165, 1.54) is 33.5 Å². The molecule has 1 saturated heterocycles. The van der Waals surface area contributed by atoms with Gasteiger partial charge in [-0.2, -0.15) is 17.5 Å². The molecule has 0 bridgehead atoms. The molecule has 3 N–H and O–H groups in total. The number of halogens is 4. The van der Waals surface area contributed by atoms with Gasteiger partial charge in [0.1, 0.15) is 0 Å². The van der Waals surface area contributed by atoms with E-state index < -0.39 is 27.8 Å². The van der Waals surface area contributed by atoms with Gasteiger partial charge in [0.2, 0.25) is 10.0 Å². The number of urea groups is 1. The number of nitrogens with two attached hydrogens (primary N) is 1. The number of nitrogens with zero attached hydrogens (tertiary/aromatic N) is 2. The molecule has 2 aromatic rings. The normalized spacial score (nSPS) is 16.7. The monoisotopic (exact) mass is 534 g/mol. The first kappa shape index (κ1) is 28.9. The Morgan fingerprint density at radius 3 is 2.26 bits per heavy atom. The summed E-state index contributed by atoms with van der Waals surface area (Å²) in [6.07, 6.45) is -2.93. The van der Waals surface area contributed by atoms with Gasteiger partial charge in [0.05, 0.1) is 10.5 Å². The van der Waals surface area contributed by atoms with Gasteiger partial charge in [-0.1, -0.05) is 12.1 Å². The van der Waals surface area contributed by atoms with E-state index in [2.05, 4.69) is 5.32 Å². The van der Waals surface area contributed by atoms with Gasteiger partial charge >= 0.3 is 12.2 Å². The third kappa shape index (κ3) is 6.66. The fourth-order valence-corrected chi connectivity index (χ4v) is 5.70. The fourth-order valence-electron chi connectivity index (χ4n) is 4.00. The molecule has 1 atom stereocenters. The number of hydrogen-bond acceptors (Lipinski definition) is 4. The summed E-state index contributed by atoms with van der Waals surface area (Å²) in [7, 11) is -3.69. The Labute approximate surface area is 209 Å². The van der Waals surface area contributed by atoms with E-state index in [4.69, 9.17) is 5.73 Å². The third-order valence-electron chi connectivity index (χ3n) is 5.78. The highest BCUT2D eigenvalue weighted by atomic mass is 35.5.